The number of carbonyl (C=O) groups is 2. The van der Waals surface area contributed by atoms with Crippen LogP contribution in [0.15, 0.2) is 35.2 Å². The average molecular weight is 397 g/mol. The van der Waals surface area contributed by atoms with Crippen molar-refractivity contribution in [2.45, 2.75) is 44.2 Å². The van der Waals surface area contributed by atoms with Crippen LogP contribution in [-0.4, -0.2) is 67.3 Å². The van der Waals surface area contributed by atoms with E-state index in [4.69, 9.17) is 0 Å². The van der Waals surface area contributed by atoms with Gasteiger partial charge in [-0.2, -0.15) is 4.31 Å². The van der Waals surface area contributed by atoms with Gasteiger partial charge in [-0.15, -0.1) is 0 Å². The molecule has 1 aromatic rings. The first kappa shape index (κ1) is 21.3. The maximum Gasteiger partial charge on any atom is 0.321 e. The summed E-state index contributed by atoms with van der Waals surface area (Å²) in [5, 5.41) is 5.01. The monoisotopic (exact) mass is 396 g/mol. The highest BCUT2D eigenvalue weighted by Crippen LogP contribution is 2.18. The Kier molecular flexibility index (Phi) is 6.61. The third kappa shape index (κ3) is 5.75. The number of nitrogens with zero attached hydrogens (tertiary/aromatic N) is 2. The number of benzene rings is 1. The lowest BCUT2D eigenvalue weighted by Gasteiger charge is -2.36. The van der Waals surface area contributed by atoms with E-state index in [0.29, 0.717) is 26.2 Å². The van der Waals surface area contributed by atoms with E-state index in [1.165, 1.54) is 4.31 Å². The fourth-order valence-electron chi connectivity index (χ4n) is 2.83. The number of sulfonamides is 1. The Morgan fingerprint density at radius 3 is 2.11 bits per heavy atom. The lowest BCUT2D eigenvalue weighted by atomic mass is 10.1. The second-order valence-electron chi connectivity index (χ2n) is 7.62. The van der Waals surface area contributed by atoms with E-state index in [2.05, 4.69) is 10.6 Å². The Labute approximate surface area is 161 Å². The molecule has 1 atom stereocenters. The molecule has 27 heavy (non-hydrogen) atoms. The van der Waals surface area contributed by atoms with Crippen LogP contribution >= 0.6 is 0 Å². The fourth-order valence-corrected chi connectivity index (χ4v) is 4.27. The molecular formula is C18H28N4O4S. The number of carbonyl (C=O) groups excluding carboxylic acids is 2. The molecule has 1 aliphatic heterocycles. The summed E-state index contributed by atoms with van der Waals surface area (Å²) in [5.41, 5.74) is -0.439. The second-order valence-corrected chi connectivity index (χ2v) is 9.56. The van der Waals surface area contributed by atoms with Crippen molar-refractivity contribution >= 4 is 22.0 Å². The minimum atomic E-state index is -3.53. The quantitative estimate of drug-likeness (QED) is 0.791. The van der Waals surface area contributed by atoms with Crippen molar-refractivity contribution < 1.29 is 18.0 Å². The molecule has 0 radical (unpaired) electrons. The zero-order valence-electron chi connectivity index (χ0n) is 16.2. The van der Waals surface area contributed by atoms with E-state index in [0.717, 1.165) is 0 Å². The van der Waals surface area contributed by atoms with Crippen LogP contribution in [0.25, 0.3) is 0 Å². The van der Waals surface area contributed by atoms with Gasteiger partial charge >= 0.3 is 6.03 Å². The summed E-state index contributed by atoms with van der Waals surface area (Å²) < 4.78 is 26.7. The standard InChI is InChI=1S/C18H28N4O4S/c1-14(16(23)19-17(24)20-18(2,3)4)21-10-12-22(13-11-21)27(25,26)15-8-6-5-7-9-15/h5-9,14H,10-13H2,1-4H3,(H2,19,20,23,24)/t14-/m0/s1. The molecule has 0 unspecified atom stereocenters. The molecular weight excluding hydrogens is 368 g/mol. The first-order valence-corrected chi connectivity index (χ1v) is 10.4. The maximum absolute atomic E-state index is 12.7. The zero-order chi connectivity index (χ0) is 20.2. The molecule has 150 valence electrons. The SMILES string of the molecule is C[C@@H](C(=O)NC(=O)NC(C)(C)C)N1CCN(S(=O)(=O)c2ccccc2)CC1. The summed E-state index contributed by atoms with van der Waals surface area (Å²) in [6.07, 6.45) is 0. The summed E-state index contributed by atoms with van der Waals surface area (Å²) in [6, 6.07) is 7.24. The van der Waals surface area contributed by atoms with E-state index < -0.39 is 33.5 Å². The summed E-state index contributed by atoms with van der Waals surface area (Å²) in [6.45, 7) is 8.61. The number of hydrogen-bond acceptors (Lipinski definition) is 5. The van der Waals surface area contributed by atoms with Crippen LogP contribution in [0.2, 0.25) is 0 Å². The molecule has 8 nitrogen and oxygen atoms in total. The van der Waals surface area contributed by atoms with Crippen molar-refractivity contribution in [3.05, 3.63) is 30.3 Å². The van der Waals surface area contributed by atoms with Crippen LogP contribution in [0.1, 0.15) is 27.7 Å². The molecule has 0 spiro atoms. The van der Waals surface area contributed by atoms with Crippen molar-refractivity contribution in [1.82, 2.24) is 19.8 Å². The third-order valence-corrected chi connectivity index (χ3v) is 6.22. The first-order chi connectivity index (χ1) is 12.5. The van der Waals surface area contributed by atoms with Gasteiger partial charge < -0.3 is 5.32 Å². The molecule has 1 aromatic carbocycles. The van der Waals surface area contributed by atoms with Gasteiger partial charge in [-0.05, 0) is 39.8 Å². The van der Waals surface area contributed by atoms with Gasteiger partial charge in [0.2, 0.25) is 15.9 Å². The molecule has 1 aliphatic rings. The van der Waals surface area contributed by atoms with Gasteiger partial charge in [-0.25, -0.2) is 13.2 Å². The minimum absolute atomic E-state index is 0.267. The fraction of sp³-hybridized carbons (Fsp3) is 0.556. The number of hydrogen-bond donors (Lipinski definition) is 2. The summed E-state index contributed by atoms with van der Waals surface area (Å²) in [5.74, 6) is -0.406. The Bertz CT molecular complexity index is 766. The van der Waals surface area contributed by atoms with Gasteiger partial charge in [0, 0.05) is 31.7 Å². The van der Waals surface area contributed by atoms with Crippen LogP contribution in [0.4, 0.5) is 4.79 Å². The second kappa shape index (κ2) is 8.37. The summed E-state index contributed by atoms with van der Waals surface area (Å²) >= 11 is 0. The topological polar surface area (TPSA) is 98.8 Å². The molecule has 9 heteroatoms. The van der Waals surface area contributed by atoms with E-state index in [-0.39, 0.29) is 4.90 Å². The Hall–Kier alpha value is -1.97. The molecule has 2 rings (SSSR count). The van der Waals surface area contributed by atoms with Gasteiger partial charge in [-0.1, -0.05) is 18.2 Å². The number of urea groups is 1. The average Bonchev–Trinajstić information content (AvgIpc) is 2.60. The number of rotatable bonds is 4. The highest BCUT2D eigenvalue weighted by Gasteiger charge is 2.32. The predicted octanol–water partition coefficient (Wildman–Crippen LogP) is 1.01. The number of imide groups is 1. The van der Waals surface area contributed by atoms with E-state index >= 15 is 0 Å². The molecule has 0 aliphatic carbocycles. The van der Waals surface area contributed by atoms with Gasteiger partial charge in [-0.3, -0.25) is 15.0 Å². The molecule has 0 bridgehead atoms. The van der Waals surface area contributed by atoms with Gasteiger partial charge in [0.1, 0.15) is 0 Å². The maximum atomic E-state index is 12.7. The Morgan fingerprint density at radius 1 is 1.04 bits per heavy atom. The lowest BCUT2D eigenvalue weighted by Crippen LogP contribution is -2.57. The molecule has 0 aromatic heterocycles. The lowest BCUT2D eigenvalue weighted by molar-refractivity contribution is -0.125. The van der Waals surface area contributed by atoms with Crippen molar-refractivity contribution in [3.8, 4) is 0 Å². The van der Waals surface area contributed by atoms with E-state index in [1.807, 2.05) is 25.7 Å². The summed E-state index contributed by atoms with van der Waals surface area (Å²) in [4.78, 5) is 26.3. The Balaban J connectivity index is 1.91. The molecule has 1 fully saturated rings. The van der Waals surface area contributed by atoms with E-state index in [1.54, 1.807) is 37.3 Å². The third-order valence-electron chi connectivity index (χ3n) is 4.31. The number of amides is 3. The normalized spacial score (nSPS) is 17.9. The zero-order valence-corrected chi connectivity index (χ0v) is 17.0. The van der Waals surface area contributed by atoms with Crippen molar-refractivity contribution in [2.24, 2.45) is 0 Å². The van der Waals surface area contributed by atoms with Gasteiger partial charge in [0.05, 0.1) is 10.9 Å². The highest BCUT2D eigenvalue weighted by atomic mass is 32.2. The smallest absolute Gasteiger partial charge is 0.321 e. The Morgan fingerprint density at radius 2 is 1.59 bits per heavy atom. The van der Waals surface area contributed by atoms with Crippen molar-refractivity contribution in [1.29, 1.82) is 0 Å². The number of nitrogens with one attached hydrogen (secondary N) is 2. The van der Waals surface area contributed by atoms with Crippen LogP contribution < -0.4 is 10.6 Å². The number of piperazine rings is 1. The molecule has 2 N–H and O–H groups in total. The molecule has 1 saturated heterocycles. The van der Waals surface area contributed by atoms with Crippen molar-refractivity contribution in [2.75, 3.05) is 26.2 Å². The van der Waals surface area contributed by atoms with Crippen LogP contribution in [0, 0.1) is 0 Å². The molecule has 3 amide bonds. The van der Waals surface area contributed by atoms with Gasteiger partial charge in [0.15, 0.2) is 0 Å². The summed E-state index contributed by atoms with van der Waals surface area (Å²) in [7, 11) is -3.53. The largest absolute Gasteiger partial charge is 0.333 e. The highest BCUT2D eigenvalue weighted by molar-refractivity contribution is 7.89. The predicted molar refractivity (Wildman–Crippen MR) is 103 cm³/mol. The van der Waals surface area contributed by atoms with Crippen LogP contribution in [0.5, 0.6) is 0 Å². The van der Waals surface area contributed by atoms with E-state index in [9.17, 15) is 18.0 Å². The molecule has 1 heterocycles. The van der Waals surface area contributed by atoms with Crippen molar-refractivity contribution in [3.63, 3.8) is 0 Å². The van der Waals surface area contributed by atoms with Gasteiger partial charge in [0.25, 0.3) is 0 Å². The van der Waals surface area contributed by atoms with Crippen LogP contribution in [-0.2, 0) is 14.8 Å². The minimum Gasteiger partial charge on any atom is -0.333 e. The molecule has 0 saturated carbocycles. The van der Waals surface area contributed by atoms with Crippen LogP contribution in [0.3, 0.4) is 0 Å². The first-order valence-electron chi connectivity index (χ1n) is 8.93.